The summed E-state index contributed by atoms with van der Waals surface area (Å²) in [5.74, 6) is 1.09. The van der Waals surface area contributed by atoms with Crippen molar-refractivity contribution < 1.29 is 19.4 Å². The van der Waals surface area contributed by atoms with E-state index in [0.717, 1.165) is 29.5 Å². The Labute approximate surface area is 237 Å². The Kier molecular flexibility index (Phi) is 8.22. The van der Waals surface area contributed by atoms with E-state index in [1.165, 1.54) is 11.3 Å². The Morgan fingerprint density at radius 1 is 1.11 bits per heavy atom. The zero-order chi connectivity index (χ0) is 24.8. The molecule has 0 spiro atoms. The second-order valence-corrected chi connectivity index (χ2v) is 10.0. The minimum absolute atomic E-state index is 0. The van der Waals surface area contributed by atoms with E-state index in [2.05, 4.69) is 15.6 Å². The van der Waals surface area contributed by atoms with Gasteiger partial charge in [0, 0.05) is 6.20 Å². The van der Waals surface area contributed by atoms with Crippen LogP contribution in [0.25, 0.3) is 10.2 Å². The van der Waals surface area contributed by atoms with Crippen LogP contribution in [0.1, 0.15) is 34.5 Å². The number of hydrogen-bond acceptors (Lipinski definition) is 6. The number of para-hydroxylation sites is 1. The maximum Gasteiger partial charge on any atom is 0.331 e. The number of anilines is 3. The van der Waals surface area contributed by atoms with Crippen LogP contribution in [0.2, 0.25) is 0 Å². The van der Waals surface area contributed by atoms with Gasteiger partial charge >= 0.3 is 6.03 Å². The lowest BCUT2D eigenvalue weighted by Gasteiger charge is -2.29. The maximum absolute atomic E-state index is 13.4. The van der Waals surface area contributed by atoms with E-state index < -0.39 is 6.10 Å². The fraction of sp³-hybridized carbons (Fsp3) is 0.222. The Balaban J connectivity index is 0.00000168. The molecule has 3 N–H and O–H groups in total. The second-order valence-electron chi connectivity index (χ2n) is 9.02. The molecule has 4 aromatic rings. The van der Waals surface area contributed by atoms with E-state index in [1.54, 1.807) is 17.2 Å². The van der Waals surface area contributed by atoms with E-state index in [1.807, 2.05) is 55.5 Å². The molecule has 2 aliphatic rings. The fourth-order valence-electron chi connectivity index (χ4n) is 4.89. The van der Waals surface area contributed by atoms with Crippen molar-refractivity contribution in [1.82, 2.24) is 10.3 Å². The van der Waals surface area contributed by atoms with Crippen molar-refractivity contribution in [3.05, 3.63) is 71.2 Å². The molecule has 0 radical (unpaired) electrons. The van der Waals surface area contributed by atoms with Gasteiger partial charge in [-0.1, -0.05) is 18.2 Å². The van der Waals surface area contributed by atoms with Crippen LogP contribution in [-0.4, -0.2) is 34.2 Å². The average molecular weight is 569 g/mol. The number of urea groups is 1. The van der Waals surface area contributed by atoms with Crippen LogP contribution in [0.5, 0.6) is 11.5 Å². The molecule has 198 valence electrons. The summed E-state index contributed by atoms with van der Waals surface area (Å²) in [5, 5.41) is 16.7. The van der Waals surface area contributed by atoms with Gasteiger partial charge in [0.1, 0.15) is 21.2 Å². The van der Waals surface area contributed by atoms with Gasteiger partial charge in [0.2, 0.25) is 0 Å². The number of aliphatic hydroxyl groups excluding tert-OH is 1. The summed E-state index contributed by atoms with van der Waals surface area (Å²) in [6.45, 7) is 1.92. The number of carbonyl (C=O) groups is 2. The van der Waals surface area contributed by atoms with Crippen LogP contribution < -0.4 is 20.3 Å². The summed E-state index contributed by atoms with van der Waals surface area (Å²) >= 11 is 1.24. The summed E-state index contributed by atoms with van der Waals surface area (Å²) in [6.07, 6.45) is 3.39. The number of thiophene rings is 1. The van der Waals surface area contributed by atoms with Crippen molar-refractivity contribution in [2.24, 2.45) is 0 Å². The minimum Gasteiger partial charge on any atom is -0.457 e. The lowest BCUT2D eigenvalue weighted by Crippen LogP contribution is -2.40. The van der Waals surface area contributed by atoms with Gasteiger partial charge in [-0.05, 0) is 68.1 Å². The molecule has 11 heteroatoms. The van der Waals surface area contributed by atoms with E-state index in [-0.39, 0.29) is 45.0 Å². The molecule has 8 nitrogen and oxygen atoms in total. The van der Waals surface area contributed by atoms with Crippen LogP contribution in [0.15, 0.2) is 60.8 Å². The zero-order valence-electron chi connectivity index (χ0n) is 20.5. The van der Waals surface area contributed by atoms with Gasteiger partial charge in [-0.15, -0.1) is 11.3 Å². The smallest absolute Gasteiger partial charge is 0.331 e. The average Bonchev–Trinajstić information content (AvgIpc) is 3.45. The van der Waals surface area contributed by atoms with Crippen molar-refractivity contribution in [2.45, 2.75) is 38.3 Å². The first-order chi connectivity index (χ1) is 17.5. The molecule has 0 unspecified atom stereocenters. The lowest BCUT2D eigenvalue weighted by molar-refractivity contribution is 0.0878. The number of amides is 3. The number of carbonyl (C=O) groups excluding carboxylic acids is 2. The molecule has 38 heavy (non-hydrogen) atoms. The number of pyridine rings is 1. The Hall–Kier alpha value is -3.25. The van der Waals surface area contributed by atoms with E-state index in [9.17, 15) is 14.7 Å². The standard InChI is InChI=1S/C27H24N4O4S.2H2S/c1-15-14-17(35-16-6-3-2-4-7-16)10-11-19(15)31-20-12-13-28-26-22(20)23(30-27(31)34)24(36-26)25(33)29-18-8-5-9-21(18)32;;/h2-4,6-7,10-14,18,21,32H,5,8-9H2,1H3,(H,29,33)(H,30,34);2*1H2/t18-,21-;;/m0../s1. The lowest BCUT2D eigenvalue weighted by atomic mass is 10.1. The third-order valence-electron chi connectivity index (χ3n) is 6.64. The molecule has 2 atom stereocenters. The molecule has 3 heterocycles. The van der Waals surface area contributed by atoms with Gasteiger partial charge in [-0.25, -0.2) is 9.78 Å². The van der Waals surface area contributed by atoms with Crippen LogP contribution in [-0.2, 0) is 0 Å². The van der Waals surface area contributed by atoms with Crippen LogP contribution in [0.4, 0.5) is 21.9 Å². The third kappa shape index (κ3) is 4.94. The number of nitrogens with one attached hydrogen (secondary N) is 2. The van der Waals surface area contributed by atoms with Gasteiger partial charge in [0.25, 0.3) is 5.91 Å². The first kappa shape index (κ1) is 27.8. The van der Waals surface area contributed by atoms with E-state index in [4.69, 9.17) is 4.74 Å². The minimum atomic E-state index is -0.546. The van der Waals surface area contributed by atoms with Gasteiger partial charge in [0.05, 0.1) is 34.6 Å². The third-order valence-corrected chi connectivity index (χ3v) is 7.73. The molecule has 1 fully saturated rings. The topological polar surface area (TPSA) is 104 Å². The number of benzene rings is 2. The predicted octanol–water partition coefficient (Wildman–Crippen LogP) is 5.95. The summed E-state index contributed by atoms with van der Waals surface area (Å²) in [4.78, 5) is 33.6. The SMILES string of the molecule is Cc1cc(Oc2ccccc2)ccc1N1C(=O)Nc2c(C(=O)N[C@H]3CCC[C@@H]3O)sc3nccc1c23.S.S. The summed E-state index contributed by atoms with van der Waals surface area (Å²) < 4.78 is 5.94. The Morgan fingerprint density at radius 2 is 1.89 bits per heavy atom. The number of aliphatic hydroxyl groups is 1. The normalized spacial score (nSPS) is 17.8. The number of aromatic nitrogens is 1. The Morgan fingerprint density at radius 3 is 2.61 bits per heavy atom. The van der Waals surface area contributed by atoms with E-state index in [0.29, 0.717) is 38.9 Å². The molecule has 0 saturated heterocycles. The van der Waals surface area contributed by atoms with Gasteiger partial charge in [0.15, 0.2) is 0 Å². The highest BCUT2D eigenvalue weighted by atomic mass is 32.1. The first-order valence-electron chi connectivity index (χ1n) is 11.8. The fourth-order valence-corrected chi connectivity index (χ4v) is 5.92. The summed E-state index contributed by atoms with van der Waals surface area (Å²) in [6, 6.07) is 16.2. The largest absolute Gasteiger partial charge is 0.457 e. The van der Waals surface area contributed by atoms with Crippen LogP contribution in [0, 0.1) is 6.92 Å². The summed E-state index contributed by atoms with van der Waals surface area (Å²) in [5.41, 5.74) is 2.69. The van der Waals surface area contributed by atoms with Gasteiger partial charge in [-0.3, -0.25) is 9.69 Å². The van der Waals surface area contributed by atoms with Crippen molar-refractivity contribution in [3.8, 4) is 11.5 Å². The highest BCUT2D eigenvalue weighted by Crippen LogP contribution is 2.46. The molecule has 1 aliphatic heterocycles. The molecular formula is C27H28N4O4S3. The predicted molar refractivity (Wildman–Crippen MR) is 160 cm³/mol. The zero-order valence-corrected chi connectivity index (χ0v) is 23.3. The van der Waals surface area contributed by atoms with E-state index >= 15 is 0 Å². The van der Waals surface area contributed by atoms with Crippen molar-refractivity contribution in [1.29, 1.82) is 0 Å². The highest BCUT2D eigenvalue weighted by molar-refractivity contribution is 7.59. The van der Waals surface area contributed by atoms with Crippen LogP contribution in [0.3, 0.4) is 0 Å². The number of rotatable bonds is 5. The first-order valence-corrected chi connectivity index (χ1v) is 12.7. The number of aryl methyl sites for hydroxylation is 1. The van der Waals surface area contributed by atoms with Crippen LogP contribution >= 0.6 is 38.3 Å². The number of ether oxygens (including phenoxy) is 1. The molecule has 1 saturated carbocycles. The molecule has 3 amide bonds. The van der Waals surface area contributed by atoms with Crippen molar-refractivity contribution in [3.63, 3.8) is 0 Å². The monoisotopic (exact) mass is 568 g/mol. The quantitative estimate of drug-likeness (QED) is 0.276. The molecule has 2 aromatic carbocycles. The summed E-state index contributed by atoms with van der Waals surface area (Å²) in [7, 11) is 0. The number of nitrogens with zero attached hydrogens (tertiary/aromatic N) is 2. The van der Waals surface area contributed by atoms with Crippen molar-refractivity contribution >= 4 is 77.5 Å². The molecule has 1 aliphatic carbocycles. The molecular weight excluding hydrogens is 541 g/mol. The van der Waals surface area contributed by atoms with Gasteiger partial charge < -0.3 is 20.5 Å². The van der Waals surface area contributed by atoms with Gasteiger partial charge in [-0.2, -0.15) is 27.0 Å². The maximum atomic E-state index is 13.4. The highest BCUT2D eigenvalue weighted by Gasteiger charge is 2.35. The molecule has 2 aromatic heterocycles. The molecule has 6 rings (SSSR count). The second kappa shape index (κ2) is 11.2. The molecule has 0 bridgehead atoms. The Bertz CT molecular complexity index is 1490. The number of hydrogen-bond donors (Lipinski definition) is 3. The van der Waals surface area contributed by atoms with Crippen molar-refractivity contribution in [2.75, 3.05) is 10.2 Å².